The summed E-state index contributed by atoms with van der Waals surface area (Å²) < 4.78 is 0.804. The molecule has 0 bridgehead atoms. The number of carbonyl (C=O) groups excluding carboxylic acids is 2. The third-order valence-corrected chi connectivity index (χ3v) is 3.55. The number of carbonyl (C=O) groups is 2. The van der Waals surface area contributed by atoms with E-state index in [2.05, 4.69) is 21.2 Å². The van der Waals surface area contributed by atoms with E-state index in [0.29, 0.717) is 10.7 Å². The van der Waals surface area contributed by atoms with Gasteiger partial charge < -0.3 is 5.32 Å². The highest BCUT2D eigenvalue weighted by molar-refractivity contribution is 9.10. The van der Waals surface area contributed by atoms with E-state index in [4.69, 9.17) is 11.6 Å². The van der Waals surface area contributed by atoms with Crippen molar-refractivity contribution in [1.29, 1.82) is 0 Å². The van der Waals surface area contributed by atoms with Crippen molar-refractivity contribution in [3.8, 4) is 0 Å². The molecule has 0 unspecified atom stereocenters. The Hall–Kier alpha value is -1.07. The van der Waals surface area contributed by atoms with E-state index in [0.717, 1.165) is 4.47 Å². The minimum Gasteiger partial charge on any atom is -0.341 e. The SMILES string of the molecule is CC1(C)NC(=O)CN(c2cc(Br)ccc2Cl)C1=O. The first kappa shape index (κ1) is 13.4. The number of hydrogen-bond donors (Lipinski definition) is 1. The lowest BCUT2D eigenvalue weighted by atomic mass is 10.00. The molecule has 1 heterocycles. The van der Waals surface area contributed by atoms with Crippen LogP contribution in [0.5, 0.6) is 0 Å². The molecular formula is C12H12BrClN2O2. The van der Waals surface area contributed by atoms with Gasteiger partial charge in [-0.2, -0.15) is 0 Å². The van der Waals surface area contributed by atoms with Crippen LogP contribution in [0.4, 0.5) is 5.69 Å². The fourth-order valence-corrected chi connectivity index (χ4v) is 2.45. The summed E-state index contributed by atoms with van der Waals surface area (Å²) in [5.41, 5.74) is -0.375. The van der Waals surface area contributed by atoms with Gasteiger partial charge in [0.15, 0.2) is 0 Å². The summed E-state index contributed by atoms with van der Waals surface area (Å²) in [6.07, 6.45) is 0. The molecule has 1 aromatic carbocycles. The van der Waals surface area contributed by atoms with E-state index >= 15 is 0 Å². The highest BCUT2D eigenvalue weighted by Crippen LogP contribution is 2.31. The number of nitrogens with zero attached hydrogens (tertiary/aromatic N) is 1. The second-order valence-electron chi connectivity index (χ2n) is 4.66. The first-order chi connectivity index (χ1) is 8.31. The maximum absolute atomic E-state index is 12.3. The molecule has 1 aliphatic rings. The zero-order valence-corrected chi connectivity index (χ0v) is 12.3. The van der Waals surface area contributed by atoms with Gasteiger partial charge in [0.25, 0.3) is 5.91 Å². The van der Waals surface area contributed by atoms with E-state index in [1.54, 1.807) is 32.0 Å². The minimum absolute atomic E-state index is 0.0154. The van der Waals surface area contributed by atoms with Gasteiger partial charge in [0.1, 0.15) is 12.1 Å². The van der Waals surface area contributed by atoms with Crippen molar-refractivity contribution in [2.75, 3.05) is 11.4 Å². The molecule has 96 valence electrons. The Morgan fingerprint density at radius 1 is 1.39 bits per heavy atom. The molecule has 6 heteroatoms. The third-order valence-electron chi connectivity index (χ3n) is 2.73. The molecule has 0 radical (unpaired) electrons. The highest BCUT2D eigenvalue weighted by atomic mass is 79.9. The van der Waals surface area contributed by atoms with Crippen molar-refractivity contribution in [3.05, 3.63) is 27.7 Å². The Bertz CT molecular complexity index is 531. The van der Waals surface area contributed by atoms with E-state index in [9.17, 15) is 9.59 Å². The summed E-state index contributed by atoms with van der Waals surface area (Å²) >= 11 is 9.42. The summed E-state index contributed by atoms with van der Waals surface area (Å²) in [6.45, 7) is 3.33. The maximum Gasteiger partial charge on any atom is 0.252 e. The van der Waals surface area contributed by atoms with Crippen LogP contribution in [0.3, 0.4) is 0 Å². The molecule has 4 nitrogen and oxygen atoms in total. The number of amides is 2. The Balaban J connectivity index is 2.46. The van der Waals surface area contributed by atoms with Crippen LogP contribution in [-0.2, 0) is 9.59 Å². The first-order valence-electron chi connectivity index (χ1n) is 5.39. The van der Waals surface area contributed by atoms with Crippen LogP contribution in [-0.4, -0.2) is 23.9 Å². The average Bonchev–Trinajstić information content (AvgIpc) is 2.26. The minimum atomic E-state index is -0.916. The molecule has 1 aromatic rings. The summed E-state index contributed by atoms with van der Waals surface area (Å²) in [6, 6.07) is 5.20. The number of anilines is 1. The third kappa shape index (κ3) is 2.37. The van der Waals surface area contributed by atoms with Crippen molar-refractivity contribution >= 4 is 45.0 Å². The molecule has 2 amide bonds. The molecule has 1 fully saturated rings. The zero-order valence-electron chi connectivity index (χ0n) is 9.96. The molecule has 1 saturated heterocycles. The smallest absolute Gasteiger partial charge is 0.252 e. The van der Waals surface area contributed by atoms with Crippen molar-refractivity contribution in [3.63, 3.8) is 0 Å². The Morgan fingerprint density at radius 2 is 2.06 bits per heavy atom. The molecule has 0 spiro atoms. The summed E-state index contributed by atoms with van der Waals surface area (Å²) in [4.78, 5) is 25.3. The maximum atomic E-state index is 12.3. The van der Waals surface area contributed by atoms with Gasteiger partial charge in [0, 0.05) is 4.47 Å². The van der Waals surface area contributed by atoms with Gasteiger partial charge in [-0.15, -0.1) is 0 Å². The lowest BCUT2D eigenvalue weighted by molar-refractivity contribution is -0.134. The standard InChI is InChI=1S/C12H12BrClN2O2/c1-12(2)11(18)16(6-10(17)15-12)9-5-7(13)3-4-8(9)14/h3-5H,6H2,1-2H3,(H,15,17). The highest BCUT2D eigenvalue weighted by Gasteiger charge is 2.40. The Labute approximate surface area is 118 Å². The number of benzene rings is 1. The lowest BCUT2D eigenvalue weighted by Crippen LogP contribution is -2.64. The fraction of sp³-hybridized carbons (Fsp3) is 0.333. The van der Waals surface area contributed by atoms with Crippen LogP contribution >= 0.6 is 27.5 Å². The summed E-state index contributed by atoms with van der Waals surface area (Å²) in [5, 5.41) is 3.10. The van der Waals surface area contributed by atoms with Crippen LogP contribution < -0.4 is 10.2 Å². The molecule has 1 N–H and O–H groups in total. The summed E-state index contributed by atoms with van der Waals surface area (Å²) in [5.74, 6) is -0.377. The van der Waals surface area contributed by atoms with Crippen LogP contribution in [0.1, 0.15) is 13.8 Å². The van der Waals surface area contributed by atoms with Crippen LogP contribution in [0.15, 0.2) is 22.7 Å². The fourth-order valence-electron chi connectivity index (χ4n) is 1.88. The van der Waals surface area contributed by atoms with Gasteiger partial charge in [0.2, 0.25) is 5.91 Å². The van der Waals surface area contributed by atoms with Gasteiger partial charge in [-0.05, 0) is 32.0 Å². The Kier molecular flexibility index (Phi) is 3.38. The predicted molar refractivity (Wildman–Crippen MR) is 73.7 cm³/mol. The summed E-state index contributed by atoms with van der Waals surface area (Å²) in [7, 11) is 0. The topological polar surface area (TPSA) is 49.4 Å². The van der Waals surface area contributed by atoms with Crippen LogP contribution in [0.25, 0.3) is 0 Å². The number of rotatable bonds is 1. The average molecular weight is 332 g/mol. The van der Waals surface area contributed by atoms with Crippen LogP contribution in [0.2, 0.25) is 5.02 Å². The molecule has 0 aliphatic carbocycles. The number of nitrogens with one attached hydrogen (secondary N) is 1. The normalized spacial score (nSPS) is 18.8. The molecular weight excluding hydrogens is 320 g/mol. The number of hydrogen-bond acceptors (Lipinski definition) is 2. The largest absolute Gasteiger partial charge is 0.341 e. The molecule has 18 heavy (non-hydrogen) atoms. The van der Waals surface area contributed by atoms with E-state index in [1.807, 2.05) is 0 Å². The first-order valence-corrected chi connectivity index (χ1v) is 6.56. The van der Waals surface area contributed by atoms with E-state index in [1.165, 1.54) is 4.90 Å². The number of halogens is 2. The van der Waals surface area contributed by atoms with Gasteiger partial charge in [-0.25, -0.2) is 0 Å². The van der Waals surface area contributed by atoms with Gasteiger partial charge in [-0.1, -0.05) is 27.5 Å². The van der Waals surface area contributed by atoms with Crippen molar-refractivity contribution in [1.82, 2.24) is 5.32 Å². The predicted octanol–water partition coefficient (Wildman–Crippen LogP) is 2.34. The molecule has 1 aliphatic heterocycles. The van der Waals surface area contributed by atoms with Crippen LogP contribution in [0, 0.1) is 0 Å². The second-order valence-corrected chi connectivity index (χ2v) is 5.98. The van der Waals surface area contributed by atoms with Gasteiger partial charge >= 0.3 is 0 Å². The van der Waals surface area contributed by atoms with Crippen molar-refractivity contribution < 1.29 is 9.59 Å². The molecule has 0 atom stereocenters. The monoisotopic (exact) mass is 330 g/mol. The van der Waals surface area contributed by atoms with Crippen molar-refractivity contribution in [2.24, 2.45) is 0 Å². The van der Waals surface area contributed by atoms with E-state index in [-0.39, 0.29) is 18.4 Å². The molecule has 0 aromatic heterocycles. The van der Waals surface area contributed by atoms with Crippen molar-refractivity contribution in [2.45, 2.75) is 19.4 Å². The van der Waals surface area contributed by atoms with E-state index < -0.39 is 5.54 Å². The zero-order chi connectivity index (χ0) is 13.5. The quantitative estimate of drug-likeness (QED) is 0.859. The molecule has 2 rings (SSSR count). The lowest BCUT2D eigenvalue weighted by Gasteiger charge is -2.37. The van der Waals surface area contributed by atoms with Gasteiger partial charge in [0.05, 0.1) is 10.7 Å². The molecule has 0 saturated carbocycles. The Morgan fingerprint density at radius 3 is 2.72 bits per heavy atom. The van der Waals surface area contributed by atoms with Gasteiger partial charge in [-0.3, -0.25) is 14.5 Å². The number of piperazine rings is 1. The second kappa shape index (κ2) is 4.55.